The Morgan fingerprint density at radius 3 is 2.19 bits per heavy atom. The molecule has 0 N–H and O–H groups in total. The molecule has 0 amide bonds. The number of hydrogen-bond donors (Lipinski definition) is 0. The van der Waals surface area contributed by atoms with E-state index < -0.39 is 17.4 Å². The molecule has 1 aliphatic rings. The van der Waals surface area contributed by atoms with Gasteiger partial charge in [0, 0.05) is 17.5 Å². The van der Waals surface area contributed by atoms with Crippen molar-refractivity contribution in [1.29, 1.82) is 0 Å². The molecular formula is C12H10F2O2. The van der Waals surface area contributed by atoms with Gasteiger partial charge in [0.05, 0.1) is 6.42 Å². The van der Waals surface area contributed by atoms with Gasteiger partial charge >= 0.3 is 0 Å². The topological polar surface area (TPSA) is 34.1 Å². The van der Waals surface area contributed by atoms with Crippen LogP contribution >= 0.6 is 0 Å². The van der Waals surface area contributed by atoms with E-state index in [4.69, 9.17) is 0 Å². The molecule has 0 aromatic heterocycles. The quantitative estimate of drug-likeness (QED) is 0.581. The second-order valence-corrected chi connectivity index (χ2v) is 4.00. The van der Waals surface area contributed by atoms with Crippen LogP contribution in [0.1, 0.15) is 29.6 Å². The number of Topliss-reactive ketones (excluding diaryl/α,β-unsaturated/α-hetero) is 2. The maximum Gasteiger partial charge on any atom is 0.170 e. The summed E-state index contributed by atoms with van der Waals surface area (Å²) in [5.41, 5.74) is -0.0773. The first-order valence-electron chi connectivity index (χ1n) is 5.08. The van der Waals surface area contributed by atoms with Crippen molar-refractivity contribution in [2.24, 2.45) is 5.92 Å². The lowest BCUT2D eigenvalue weighted by Gasteiger charge is -2.00. The van der Waals surface area contributed by atoms with Gasteiger partial charge in [-0.05, 0) is 25.0 Å². The lowest BCUT2D eigenvalue weighted by Crippen LogP contribution is -2.10. The third kappa shape index (κ3) is 2.51. The van der Waals surface area contributed by atoms with E-state index in [0.29, 0.717) is 6.07 Å². The van der Waals surface area contributed by atoms with Crippen LogP contribution in [0.25, 0.3) is 0 Å². The zero-order chi connectivity index (χ0) is 11.7. The average molecular weight is 224 g/mol. The van der Waals surface area contributed by atoms with E-state index in [9.17, 15) is 18.4 Å². The molecule has 0 radical (unpaired) electrons. The number of halogens is 2. The molecule has 0 spiro atoms. The molecule has 0 bridgehead atoms. The molecule has 0 atom stereocenters. The molecule has 0 heterocycles. The van der Waals surface area contributed by atoms with E-state index in [-0.39, 0.29) is 23.7 Å². The van der Waals surface area contributed by atoms with E-state index in [1.807, 2.05) is 0 Å². The van der Waals surface area contributed by atoms with Crippen molar-refractivity contribution in [3.8, 4) is 0 Å². The third-order valence-corrected chi connectivity index (χ3v) is 2.55. The highest BCUT2D eigenvalue weighted by atomic mass is 19.1. The molecule has 1 aromatic rings. The standard InChI is InChI=1S/C12H10F2O2/c13-9-3-8(4-10(14)5-9)12(16)6-11(15)7-1-2-7/h3-5,7H,1-2,6H2. The van der Waals surface area contributed by atoms with Gasteiger partial charge in [-0.2, -0.15) is 0 Å². The van der Waals surface area contributed by atoms with Gasteiger partial charge in [-0.25, -0.2) is 8.78 Å². The van der Waals surface area contributed by atoms with E-state index in [1.165, 1.54) is 0 Å². The predicted octanol–water partition coefficient (Wildman–Crippen LogP) is 2.52. The summed E-state index contributed by atoms with van der Waals surface area (Å²) in [6.07, 6.45) is 1.39. The van der Waals surface area contributed by atoms with Gasteiger partial charge < -0.3 is 0 Å². The Hall–Kier alpha value is -1.58. The SMILES string of the molecule is O=C(CC(=O)C1CC1)c1cc(F)cc(F)c1. The van der Waals surface area contributed by atoms with Crippen molar-refractivity contribution in [2.45, 2.75) is 19.3 Å². The first-order chi connectivity index (χ1) is 7.56. The van der Waals surface area contributed by atoms with Gasteiger partial charge in [0.25, 0.3) is 0 Å². The lowest BCUT2D eigenvalue weighted by molar-refractivity contribution is -0.119. The normalized spacial score (nSPS) is 14.9. The zero-order valence-electron chi connectivity index (χ0n) is 8.50. The van der Waals surface area contributed by atoms with Gasteiger partial charge in [0.1, 0.15) is 17.4 Å². The van der Waals surface area contributed by atoms with Crippen molar-refractivity contribution in [2.75, 3.05) is 0 Å². The smallest absolute Gasteiger partial charge is 0.170 e. The Bertz CT molecular complexity index is 430. The van der Waals surface area contributed by atoms with Crippen LogP contribution in [0.15, 0.2) is 18.2 Å². The van der Waals surface area contributed by atoms with E-state index >= 15 is 0 Å². The van der Waals surface area contributed by atoms with Crippen LogP contribution in [0.2, 0.25) is 0 Å². The van der Waals surface area contributed by atoms with Gasteiger partial charge in [-0.1, -0.05) is 0 Å². The number of carbonyl (C=O) groups excluding carboxylic acids is 2. The summed E-state index contributed by atoms with van der Waals surface area (Å²) >= 11 is 0. The van der Waals surface area contributed by atoms with Gasteiger partial charge in [-0.15, -0.1) is 0 Å². The Morgan fingerprint density at radius 1 is 1.12 bits per heavy atom. The van der Waals surface area contributed by atoms with Gasteiger partial charge in [0.2, 0.25) is 0 Å². The minimum Gasteiger partial charge on any atom is -0.299 e. The summed E-state index contributed by atoms with van der Waals surface area (Å²) in [4.78, 5) is 22.9. The van der Waals surface area contributed by atoms with Gasteiger partial charge in [0.15, 0.2) is 5.78 Å². The number of hydrogen-bond acceptors (Lipinski definition) is 2. The fourth-order valence-electron chi connectivity index (χ4n) is 1.52. The number of benzene rings is 1. The van der Waals surface area contributed by atoms with Crippen LogP contribution in [0.4, 0.5) is 8.78 Å². The summed E-state index contributed by atoms with van der Waals surface area (Å²) in [7, 11) is 0. The summed E-state index contributed by atoms with van der Waals surface area (Å²) in [5, 5.41) is 0. The van der Waals surface area contributed by atoms with Crippen molar-refractivity contribution >= 4 is 11.6 Å². The Balaban J connectivity index is 2.10. The van der Waals surface area contributed by atoms with Crippen LogP contribution in [0, 0.1) is 17.6 Å². The molecule has 0 aliphatic heterocycles. The molecule has 2 nitrogen and oxygen atoms in total. The van der Waals surface area contributed by atoms with E-state index in [2.05, 4.69) is 0 Å². The second kappa shape index (κ2) is 4.12. The number of ketones is 2. The van der Waals surface area contributed by atoms with Crippen molar-refractivity contribution in [3.05, 3.63) is 35.4 Å². The van der Waals surface area contributed by atoms with Crippen LogP contribution in [-0.2, 0) is 4.79 Å². The molecular weight excluding hydrogens is 214 g/mol. The molecule has 1 fully saturated rings. The van der Waals surface area contributed by atoms with Crippen LogP contribution < -0.4 is 0 Å². The van der Waals surface area contributed by atoms with Crippen molar-refractivity contribution < 1.29 is 18.4 Å². The van der Waals surface area contributed by atoms with E-state index in [0.717, 1.165) is 25.0 Å². The molecule has 4 heteroatoms. The fourth-order valence-corrected chi connectivity index (χ4v) is 1.52. The lowest BCUT2D eigenvalue weighted by atomic mass is 10.0. The average Bonchev–Trinajstić information content (AvgIpc) is 2.98. The summed E-state index contributed by atoms with van der Waals surface area (Å²) in [6, 6.07) is 2.59. The molecule has 0 saturated heterocycles. The van der Waals surface area contributed by atoms with E-state index in [1.54, 1.807) is 0 Å². The third-order valence-electron chi connectivity index (χ3n) is 2.55. The summed E-state index contributed by atoms with van der Waals surface area (Å²) in [5.74, 6) is -2.27. The minimum atomic E-state index is -0.803. The Labute approximate surface area is 91.3 Å². The van der Waals surface area contributed by atoms with Crippen LogP contribution in [0.5, 0.6) is 0 Å². The largest absolute Gasteiger partial charge is 0.299 e. The second-order valence-electron chi connectivity index (χ2n) is 4.00. The fraction of sp³-hybridized carbons (Fsp3) is 0.333. The maximum absolute atomic E-state index is 12.8. The highest BCUT2D eigenvalue weighted by molar-refractivity contribution is 6.09. The predicted molar refractivity (Wildman–Crippen MR) is 53.0 cm³/mol. The maximum atomic E-state index is 12.8. The monoisotopic (exact) mass is 224 g/mol. The van der Waals surface area contributed by atoms with Crippen LogP contribution in [0.3, 0.4) is 0 Å². The highest BCUT2D eigenvalue weighted by Crippen LogP contribution is 2.31. The van der Waals surface area contributed by atoms with Crippen molar-refractivity contribution in [3.63, 3.8) is 0 Å². The Kier molecular flexibility index (Phi) is 2.81. The molecule has 1 saturated carbocycles. The highest BCUT2D eigenvalue weighted by Gasteiger charge is 2.30. The summed E-state index contributed by atoms with van der Waals surface area (Å²) in [6.45, 7) is 0. The Morgan fingerprint density at radius 2 is 1.69 bits per heavy atom. The zero-order valence-corrected chi connectivity index (χ0v) is 8.50. The molecule has 84 valence electrons. The van der Waals surface area contributed by atoms with Gasteiger partial charge in [-0.3, -0.25) is 9.59 Å². The molecule has 1 aromatic carbocycles. The first-order valence-corrected chi connectivity index (χ1v) is 5.08. The number of carbonyl (C=O) groups is 2. The molecule has 1 aliphatic carbocycles. The first kappa shape index (κ1) is 10.9. The molecule has 16 heavy (non-hydrogen) atoms. The van der Waals surface area contributed by atoms with Crippen molar-refractivity contribution in [1.82, 2.24) is 0 Å². The number of rotatable bonds is 4. The minimum absolute atomic E-state index is 0.0117. The molecule has 2 rings (SSSR count). The van der Waals surface area contributed by atoms with Crippen LogP contribution in [-0.4, -0.2) is 11.6 Å². The molecule has 0 unspecified atom stereocenters. The summed E-state index contributed by atoms with van der Waals surface area (Å²) < 4.78 is 25.6.